The molecule has 0 saturated carbocycles. The molecule has 0 bridgehead atoms. The molecule has 0 unspecified atom stereocenters. The number of anilines is 1. The van der Waals surface area contributed by atoms with Crippen LogP contribution in [-0.4, -0.2) is 22.6 Å². The monoisotopic (exact) mass is 336 g/mol. The molecule has 1 amide bonds. The third-order valence-corrected chi connectivity index (χ3v) is 4.09. The molecule has 1 aromatic heterocycles. The fraction of sp³-hybridized carbons (Fsp3) is 0.200. The maximum absolute atomic E-state index is 12.1. The topological polar surface area (TPSA) is 82.2 Å². The normalized spacial score (nSPS) is 10.8. The van der Waals surface area contributed by atoms with Crippen LogP contribution < -0.4 is 10.9 Å². The van der Waals surface area contributed by atoms with Crippen LogP contribution in [0.4, 0.5) is 5.69 Å². The van der Waals surface area contributed by atoms with E-state index in [1.165, 1.54) is 0 Å². The van der Waals surface area contributed by atoms with Gasteiger partial charge in [-0.05, 0) is 48.1 Å². The lowest BCUT2D eigenvalue weighted by Crippen LogP contribution is -2.17. The molecule has 0 aliphatic carbocycles. The average Bonchev–Trinajstić information content (AvgIpc) is 2.62. The number of aryl methyl sites for hydroxylation is 1. The van der Waals surface area contributed by atoms with Gasteiger partial charge < -0.3 is 15.4 Å². The number of para-hydroxylation sites is 1. The second-order valence-corrected chi connectivity index (χ2v) is 5.93. The number of aliphatic hydroxyl groups is 1. The number of aliphatic hydroxyl groups excluding tert-OH is 1. The lowest BCUT2D eigenvalue weighted by molar-refractivity contribution is -0.116. The van der Waals surface area contributed by atoms with Crippen LogP contribution in [0, 0.1) is 0 Å². The molecule has 5 heteroatoms. The van der Waals surface area contributed by atoms with Gasteiger partial charge in [0.15, 0.2) is 0 Å². The molecule has 0 aliphatic heterocycles. The van der Waals surface area contributed by atoms with E-state index in [-0.39, 0.29) is 24.5 Å². The molecular weight excluding hydrogens is 316 g/mol. The van der Waals surface area contributed by atoms with E-state index in [0.717, 1.165) is 16.5 Å². The summed E-state index contributed by atoms with van der Waals surface area (Å²) in [7, 11) is 0. The zero-order valence-corrected chi connectivity index (χ0v) is 13.8. The second kappa shape index (κ2) is 7.77. The maximum Gasteiger partial charge on any atom is 0.251 e. The van der Waals surface area contributed by atoms with Crippen molar-refractivity contribution in [3.05, 3.63) is 76.1 Å². The Morgan fingerprint density at radius 2 is 1.80 bits per heavy atom. The highest BCUT2D eigenvalue weighted by Gasteiger charge is 2.07. The van der Waals surface area contributed by atoms with Gasteiger partial charge >= 0.3 is 0 Å². The number of hydrogen-bond donors (Lipinski definition) is 3. The summed E-state index contributed by atoms with van der Waals surface area (Å²) >= 11 is 0. The van der Waals surface area contributed by atoms with Crippen LogP contribution in [0.1, 0.15) is 17.5 Å². The summed E-state index contributed by atoms with van der Waals surface area (Å²) in [6.45, 7) is 0.103. The van der Waals surface area contributed by atoms with Crippen molar-refractivity contribution in [2.75, 3.05) is 11.9 Å². The average molecular weight is 336 g/mol. The number of benzene rings is 2. The first kappa shape index (κ1) is 16.9. The number of H-pyrrole nitrogens is 1. The van der Waals surface area contributed by atoms with E-state index in [9.17, 15) is 9.59 Å². The van der Waals surface area contributed by atoms with E-state index in [1.807, 2.05) is 54.6 Å². The number of nitrogens with one attached hydrogen (secondary N) is 2. The molecule has 0 fully saturated rings. The van der Waals surface area contributed by atoms with Crippen LogP contribution in [0.2, 0.25) is 0 Å². The predicted octanol–water partition coefficient (Wildman–Crippen LogP) is 2.63. The lowest BCUT2D eigenvalue weighted by Gasteiger charge is -2.07. The zero-order valence-electron chi connectivity index (χ0n) is 13.8. The number of carbonyl (C=O) groups excluding carboxylic acids is 1. The van der Waals surface area contributed by atoms with Crippen LogP contribution in [0.3, 0.4) is 0 Å². The summed E-state index contributed by atoms with van der Waals surface area (Å²) in [4.78, 5) is 27.0. The van der Waals surface area contributed by atoms with E-state index >= 15 is 0 Å². The smallest absolute Gasteiger partial charge is 0.251 e. The molecule has 128 valence electrons. The summed E-state index contributed by atoms with van der Waals surface area (Å²) < 4.78 is 0. The molecule has 25 heavy (non-hydrogen) atoms. The maximum atomic E-state index is 12.1. The molecule has 0 atom stereocenters. The first-order valence-electron chi connectivity index (χ1n) is 8.26. The molecule has 0 spiro atoms. The Kier molecular flexibility index (Phi) is 5.26. The minimum atomic E-state index is -0.153. The number of aromatic nitrogens is 1. The minimum absolute atomic E-state index is 0.103. The SMILES string of the molecule is O=C(CCc1cc2ccccc2[nH]c1=O)Nc1ccc(CCO)cc1. The standard InChI is InChI=1S/C20H20N2O3/c23-12-11-14-5-8-17(9-6-14)21-19(24)10-7-16-13-15-3-1-2-4-18(15)22-20(16)25/h1-6,8-9,13,23H,7,10-12H2,(H,21,24)(H,22,25). The van der Waals surface area contributed by atoms with Crippen molar-refractivity contribution < 1.29 is 9.90 Å². The Balaban J connectivity index is 1.62. The van der Waals surface area contributed by atoms with E-state index in [1.54, 1.807) is 0 Å². The van der Waals surface area contributed by atoms with Crippen LogP contribution in [0.5, 0.6) is 0 Å². The number of carbonyl (C=O) groups is 1. The fourth-order valence-electron chi connectivity index (χ4n) is 2.73. The van der Waals surface area contributed by atoms with Gasteiger partial charge in [-0.3, -0.25) is 9.59 Å². The van der Waals surface area contributed by atoms with Crippen molar-refractivity contribution >= 4 is 22.5 Å². The summed E-state index contributed by atoms with van der Waals surface area (Å²) in [5.41, 5.74) is 2.97. The predicted molar refractivity (Wildman–Crippen MR) is 98.8 cm³/mol. The Bertz CT molecular complexity index is 930. The fourth-order valence-corrected chi connectivity index (χ4v) is 2.73. The van der Waals surface area contributed by atoms with Gasteiger partial charge in [0.1, 0.15) is 0 Å². The molecule has 3 aromatic rings. The highest BCUT2D eigenvalue weighted by atomic mass is 16.3. The molecule has 1 heterocycles. The van der Waals surface area contributed by atoms with Crippen LogP contribution in [0.15, 0.2) is 59.4 Å². The van der Waals surface area contributed by atoms with Gasteiger partial charge in [-0.15, -0.1) is 0 Å². The third-order valence-electron chi connectivity index (χ3n) is 4.09. The number of pyridine rings is 1. The van der Waals surface area contributed by atoms with Crippen molar-refractivity contribution in [3.8, 4) is 0 Å². The van der Waals surface area contributed by atoms with Gasteiger partial charge in [-0.1, -0.05) is 30.3 Å². The zero-order chi connectivity index (χ0) is 17.6. The third kappa shape index (κ3) is 4.33. The van der Waals surface area contributed by atoms with E-state index in [4.69, 9.17) is 5.11 Å². The first-order valence-corrected chi connectivity index (χ1v) is 8.26. The van der Waals surface area contributed by atoms with Gasteiger partial charge in [0.2, 0.25) is 5.91 Å². The van der Waals surface area contributed by atoms with Crippen molar-refractivity contribution in [1.29, 1.82) is 0 Å². The lowest BCUT2D eigenvalue weighted by atomic mass is 10.1. The number of aromatic amines is 1. The summed E-state index contributed by atoms with van der Waals surface area (Å²) in [5.74, 6) is -0.137. The summed E-state index contributed by atoms with van der Waals surface area (Å²) in [6.07, 6.45) is 1.22. The molecule has 0 radical (unpaired) electrons. The molecule has 3 rings (SSSR count). The molecule has 0 saturated heterocycles. The van der Waals surface area contributed by atoms with Crippen molar-refractivity contribution in [2.45, 2.75) is 19.3 Å². The van der Waals surface area contributed by atoms with Crippen LogP contribution in [-0.2, 0) is 17.6 Å². The Hall–Kier alpha value is -2.92. The van der Waals surface area contributed by atoms with Gasteiger partial charge in [-0.2, -0.15) is 0 Å². The Morgan fingerprint density at radius 1 is 1.04 bits per heavy atom. The molecule has 2 aromatic carbocycles. The largest absolute Gasteiger partial charge is 0.396 e. The van der Waals surface area contributed by atoms with E-state index in [2.05, 4.69) is 10.3 Å². The first-order chi connectivity index (χ1) is 12.2. The van der Waals surface area contributed by atoms with Crippen molar-refractivity contribution in [1.82, 2.24) is 4.98 Å². The molecule has 5 nitrogen and oxygen atoms in total. The van der Waals surface area contributed by atoms with E-state index in [0.29, 0.717) is 24.1 Å². The quantitative estimate of drug-likeness (QED) is 0.647. The molecule has 3 N–H and O–H groups in total. The van der Waals surface area contributed by atoms with Crippen LogP contribution in [0.25, 0.3) is 10.9 Å². The van der Waals surface area contributed by atoms with Gasteiger partial charge in [0, 0.05) is 29.8 Å². The highest BCUT2D eigenvalue weighted by Crippen LogP contribution is 2.13. The highest BCUT2D eigenvalue weighted by molar-refractivity contribution is 5.90. The van der Waals surface area contributed by atoms with Crippen molar-refractivity contribution in [3.63, 3.8) is 0 Å². The van der Waals surface area contributed by atoms with Crippen molar-refractivity contribution in [2.24, 2.45) is 0 Å². The summed E-state index contributed by atoms with van der Waals surface area (Å²) in [6, 6.07) is 16.8. The van der Waals surface area contributed by atoms with E-state index < -0.39 is 0 Å². The Labute approximate surface area is 145 Å². The number of fused-ring (bicyclic) bond motifs is 1. The molecule has 0 aliphatic rings. The van der Waals surface area contributed by atoms with Crippen LogP contribution >= 0.6 is 0 Å². The van der Waals surface area contributed by atoms with Gasteiger partial charge in [0.05, 0.1) is 0 Å². The number of amides is 1. The second-order valence-electron chi connectivity index (χ2n) is 5.93. The molecular formula is C20H20N2O3. The Morgan fingerprint density at radius 3 is 2.56 bits per heavy atom. The summed E-state index contributed by atoms with van der Waals surface area (Å²) in [5, 5.41) is 12.7. The van der Waals surface area contributed by atoms with Gasteiger partial charge in [0.25, 0.3) is 5.56 Å². The number of hydrogen-bond acceptors (Lipinski definition) is 3. The van der Waals surface area contributed by atoms with Gasteiger partial charge in [-0.25, -0.2) is 0 Å². The minimum Gasteiger partial charge on any atom is -0.396 e. The number of rotatable bonds is 6.